The number of carboxylic acids is 2. The lowest BCUT2D eigenvalue weighted by atomic mass is 10.0. The first-order chi connectivity index (χ1) is 22.9. The minimum atomic E-state index is -1.71. The molecule has 4 aromatic carbocycles. The number of carbonyl (C=O) groups is 3. The highest BCUT2D eigenvalue weighted by Crippen LogP contribution is 2.19. The van der Waals surface area contributed by atoms with Gasteiger partial charge in [0, 0.05) is 13.2 Å². The molecule has 0 bridgehead atoms. The molecule has 0 aliphatic rings. The van der Waals surface area contributed by atoms with Crippen molar-refractivity contribution in [3.8, 4) is 0 Å². The number of ether oxygens (including phenoxy) is 2. The predicted octanol–water partition coefficient (Wildman–Crippen LogP) is 7.34. The van der Waals surface area contributed by atoms with Crippen LogP contribution in [0, 0.1) is 0 Å². The maximum atomic E-state index is 13.0. The van der Waals surface area contributed by atoms with Gasteiger partial charge in [0.25, 0.3) is 5.91 Å². The Morgan fingerprint density at radius 2 is 1.09 bits per heavy atom. The fourth-order valence-electron chi connectivity index (χ4n) is 5.83. The summed E-state index contributed by atoms with van der Waals surface area (Å²) in [6.07, 6.45) is 7.19. The second-order valence-corrected chi connectivity index (χ2v) is 12.1. The summed E-state index contributed by atoms with van der Waals surface area (Å²) in [5, 5.41) is 26.4. The first-order valence-corrected chi connectivity index (χ1v) is 16.8. The maximum Gasteiger partial charge on any atom is 0.336 e. The van der Waals surface area contributed by atoms with Crippen molar-refractivity contribution in [3.63, 3.8) is 0 Å². The average molecular weight is 642 g/mol. The summed E-state index contributed by atoms with van der Waals surface area (Å²) in [5.41, 5.74) is 2.62. The van der Waals surface area contributed by atoms with Crippen LogP contribution < -0.4 is 5.32 Å². The fourth-order valence-corrected chi connectivity index (χ4v) is 5.83. The van der Waals surface area contributed by atoms with E-state index in [4.69, 9.17) is 14.6 Å². The van der Waals surface area contributed by atoms with Crippen molar-refractivity contribution in [2.24, 2.45) is 0 Å². The standard InChI is InChI=1S/C39H47NO7/c41-35(42)28-47-37(39(44)45)36(46-25-13-5-3-7-15-30-21-23-32-17-9-11-19-34(32)27-30)38(43)40-24-12-4-1-2-6-14-29-20-22-31-16-8-10-18-33(31)26-29/h8-11,16-23,26-27,36-37H,1-7,12-15,24-25,28H2,(H,40,43)(H,41,42)(H,44,45). The molecule has 2 atom stereocenters. The SMILES string of the molecule is O=C(O)COC(C(=O)O)C(OCCCCCCc1ccc2ccccc2c1)C(=O)NCCCCCCCc1ccc2ccccc2c1. The molecular weight excluding hydrogens is 594 g/mol. The van der Waals surface area contributed by atoms with Gasteiger partial charge >= 0.3 is 11.9 Å². The van der Waals surface area contributed by atoms with Crippen molar-refractivity contribution in [1.29, 1.82) is 0 Å². The first kappa shape index (κ1) is 35.6. The number of carbonyl (C=O) groups excluding carboxylic acids is 1. The van der Waals surface area contributed by atoms with E-state index in [1.807, 2.05) is 18.2 Å². The molecule has 0 saturated heterocycles. The maximum absolute atomic E-state index is 13.0. The molecule has 0 heterocycles. The minimum Gasteiger partial charge on any atom is -0.480 e. The molecule has 3 N–H and O–H groups in total. The Kier molecular flexibility index (Phi) is 14.7. The quantitative estimate of drug-likeness (QED) is 0.0768. The number of amides is 1. The molecule has 0 fully saturated rings. The highest BCUT2D eigenvalue weighted by molar-refractivity contribution is 5.88. The van der Waals surface area contributed by atoms with Crippen molar-refractivity contribution in [3.05, 3.63) is 96.1 Å². The van der Waals surface area contributed by atoms with E-state index >= 15 is 0 Å². The van der Waals surface area contributed by atoms with Gasteiger partial charge in [0.15, 0.2) is 12.2 Å². The number of aliphatic carboxylic acids is 2. The van der Waals surface area contributed by atoms with Gasteiger partial charge in [-0.2, -0.15) is 0 Å². The number of hydrogen-bond acceptors (Lipinski definition) is 5. The third kappa shape index (κ3) is 12.1. The summed E-state index contributed by atoms with van der Waals surface area (Å²) in [7, 11) is 0. The Hall–Kier alpha value is -4.27. The first-order valence-electron chi connectivity index (χ1n) is 16.8. The number of hydrogen-bond donors (Lipinski definition) is 3. The van der Waals surface area contributed by atoms with Crippen LogP contribution in [0.4, 0.5) is 0 Å². The van der Waals surface area contributed by atoms with Gasteiger partial charge < -0.3 is 25.0 Å². The van der Waals surface area contributed by atoms with E-state index in [0.29, 0.717) is 13.0 Å². The third-order valence-corrected chi connectivity index (χ3v) is 8.39. The van der Waals surface area contributed by atoms with E-state index in [9.17, 15) is 19.5 Å². The zero-order chi connectivity index (χ0) is 33.3. The van der Waals surface area contributed by atoms with E-state index in [0.717, 1.165) is 64.2 Å². The molecule has 47 heavy (non-hydrogen) atoms. The topological polar surface area (TPSA) is 122 Å². The van der Waals surface area contributed by atoms with E-state index in [2.05, 4.69) is 72.0 Å². The molecule has 0 saturated carbocycles. The Morgan fingerprint density at radius 1 is 0.574 bits per heavy atom. The zero-order valence-corrected chi connectivity index (χ0v) is 27.1. The van der Waals surface area contributed by atoms with Crippen molar-refractivity contribution in [1.82, 2.24) is 5.32 Å². The van der Waals surface area contributed by atoms with Crippen LogP contribution in [0.2, 0.25) is 0 Å². The molecule has 2 unspecified atom stereocenters. The Labute approximate surface area is 277 Å². The summed E-state index contributed by atoms with van der Waals surface area (Å²) in [6, 6.07) is 29.8. The van der Waals surface area contributed by atoms with Crippen LogP contribution in [0.1, 0.15) is 68.9 Å². The number of aryl methyl sites for hydroxylation is 2. The molecule has 8 nitrogen and oxygen atoms in total. The van der Waals surface area contributed by atoms with Gasteiger partial charge in [-0.15, -0.1) is 0 Å². The molecule has 0 aromatic heterocycles. The van der Waals surface area contributed by atoms with E-state index in [-0.39, 0.29) is 6.61 Å². The molecule has 8 heteroatoms. The Balaban J connectivity index is 1.14. The van der Waals surface area contributed by atoms with Crippen molar-refractivity contribution < 1.29 is 34.1 Å². The summed E-state index contributed by atoms with van der Waals surface area (Å²) in [6.45, 7) is -0.285. The molecule has 250 valence electrons. The smallest absolute Gasteiger partial charge is 0.336 e. The summed E-state index contributed by atoms with van der Waals surface area (Å²) in [4.78, 5) is 36.0. The number of unbranched alkanes of at least 4 members (excludes halogenated alkanes) is 7. The number of benzene rings is 4. The van der Waals surface area contributed by atoms with Crippen molar-refractivity contribution in [2.45, 2.75) is 82.8 Å². The monoisotopic (exact) mass is 641 g/mol. The van der Waals surface area contributed by atoms with Gasteiger partial charge in [-0.05, 0) is 71.2 Å². The number of nitrogens with one attached hydrogen (secondary N) is 1. The molecule has 0 aliphatic heterocycles. The predicted molar refractivity (Wildman–Crippen MR) is 185 cm³/mol. The van der Waals surface area contributed by atoms with Crippen molar-refractivity contribution >= 4 is 39.4 Å². The molecule has 4 rings (SSSR count). The molecule has 0 spiro atoms. The second-order valence-electron chi connectivity index (χ2n) is 12.1. The number of rotatable bonds is 22. The normalized spacial score (nSPS) is 12.6. The highest BCUT2D eigenvalue weighted by Gasteiger charge is 2.36. The summed E-state index contributed by atoms with van der Waals surface area (Å²) < 4.78 is 10.8. The number of carboxylic acid groups (broad SMARTS) is 2. The second kappa shape index (κ2) is 19.4. The van der Waals surface area contributed by atoms with Gasteiger partial charge in [-0.3, -0.25) is 4.79 Å². The lowest BCUT2D eigenvalue weighted by Gasteiger charge is -2.23. The lowest BCUT2D eigenvalue weighted by molar-refractivity contribution is -0.172. The largest absolute Gasteiger partial charge is 0.480 e. The van der Waals surface area contributed by atoms with Gasteiger partial charge in [0.1, 0.15) is 6.61 Å². The van der Waals surface area contributed by atoms with Crippen LogP contribution in [0.25, 0.3) is 21.5 Å². The molecule has 1 amide bonds. The summed E-state index contributed by atoms with van der Waals surface area (Å²) >= 11 is 0. The van der Waals surface area contributed by atoms with Gasteiger partial charge in [0.05, 0.1) is 0 Å². The highest BCUT2D eigenvalue weighted by atomic mass is 16.6. The lowest BCUT2D eigenvalue weighted by Crippen LogP contribution is -2.49. The van der Waals surface area contributed by atoms with Crippen LogP contribution in [0.15, 0.2) is 84.9 Å². The van der Waals surface area contributed by atoms with Crippen LogP contribution in [-0.4, -0.2) is 60.0 Å². The van der Waals surface area contributed by atoms with E-state index in [1.165, 1.54) is 32.7 Å². The molecule has 4 aromatic rings. The Bertz CT molecular complexity index is 1590. The molecule has 0 aliphatic carbocycles. The van der Waals surface area contributed by atoms with Crippen LogP contribution in [0.5, 0.6) is 0 Å². The molecule has 0 radical (unpaired) electrons. The molecular formula is C39H47NO7. The third-order valence-electron chi connectivity index (χ3n) is 8.39. The van der Waals surface area contributed by atoms with Crippen LogP contribution in [-0.2, 0) is 36.7 Å². The summed E-state index contributed by atoms with van der Waals surface area (Å²) in [5.74, 6) is -3.36. The zero-order valence-electron chi connectivity index (χ0n) is 27.1. The van der Waals surface area contributed by atoms with Gasteiger partial charge in [-0.1, -0.05) is 117 Å². The van der Waals surface area contributed by atoms with E-state index < -0.39 is 36.7 Å². The Morgan fingerprint density at radius 3 is 1.64 bits per heavy atom. The average Bonchev–Trinajstić information content (AvgIpc) is 3.07. The van der Waals surface area contributed by atoms with Gasteiger partial charge in [0.2, 0.25) is 0 Å². The van der Waals surface area contributed by atoms with Crippen molar-refractivity contribution in [2.75, 3.05) is 19.8 Å². The minimum absolute atomic E-state index is 0.172. The van der Waals surface area contributed by atoms with Gasteiger partial charge in [-0.25, -0.2) is 9.59 Å². The fraction of sp³-hybridized carbons (Fsp3) is 0.410. The van der Waals surface area contributed by atoms with E-state index in [1.54, 1.807) is 0 Å². The number of fused-ring (bicyclic) bond motifs is 2. The van der Waals surface area contributed by atoms with Crippen LogP contribution in [0.3, 0.4) is 0 Å². The van der Waals surface area contributed by atoms with Crippen LogP contribution >= 0.6 is 0 Å².